The minimum Gasteiger partial charge on any atom is -0.492 e. The van der Waals surface area contributed by atoms with Crippen molar-refractivity contribution < 1.29 is 14.3 Å². The second-order valence-corrected chi connectivity index (χ2v) is 5.35. The van der Waals surface area contributed by atoms with Crippen molar-refractivity contribution in [3.05, 3.63) is 59.7 Å². The van der Waals surface area contributed by atoms with E-state index in [0.29, 0.717) is 25.4 Å². The molecule has 0 aromatic heterocycles. The molecule has 0 fully saturated rings. The second kappa shape index (κ2) is 7.26. The lowest BCUT2D eigenvalue weighted by molar-refractivity contribution is -0.128. The Labute approximate surface area is 135 Å². The summed E-state index contributed by atoms with van der Waals surface area (Å²) in [7, 11) is 0. The Balaban J connectivity index is 1.68. The van der Waals surface area contributed by atoms with Gasteiger partial charge in [0.25, 0.3) is 5.91 Å². The molecule has 1 aliphatic heterocycles. The number of nitrogens with one attached hydrogen (secondary N) is 1. The molecule has 2 aromatic carbocycles. The predicted molar refractivity (Wildman–Crippen MR) is 88.5 cm³/mol. The molecule has 1 aliphatic rings. The van der Waals surface area contributed by atoms with Crippen molar-refractivity contribution >= 4 is 11.6 Å². The summed E-state index contributed by atoms with van der Waals surface area (Å²) in [5.41, 5.74) is 8.22. The molecule has 3 rings (SSSR count). The molecule has 1 amide bonds. The Bertz CT molecular complexity index is 670. The number of benzene rings is 2. The standard InChI is InChI=1S/C18H20N2O3/c19-10-12-22-15-7-5-14(6-8-15)20-18(21)17-16-4-2-1-3-13(16)9-11-23-17/h1-8,17H,9-12,19H2,(H,20,21). The molecule has 1 unspecified atom stereocenters. The van der Waals surface area contributed by atoms with Crippen LogP contribution < -0.4 is 15.8 Å². The molecule has 23 heavy (non-hydrogen) atoms. The van der Waals surface area contributed by atoms with Crippen molar-refractivity contribution in [1.29, 1.82) is 0 Å². The smallest absolute Gasteiger partial charge is 0.258 e. The van der Waals surface area contributed by atoms with Gasteiger partial charge in [0, 0.05) is 12.2 Å². The first-order chi connectivity index (χ1) is 11.3. The van der Waals surface area contributed by atoms with Crippen LogP contribution in [-0.4, -0.2) is 25.7 Å². The molecule has 0 bridgehead atoms. The molecule has 2 aromatic rings. The Morgan fingerprint density at radius 1 is 1.22 bits per heavy atom. The first-order valence-electron chi connectivity index (χ1n) is 7.71. The van der Waals surface area contributed by atoms with Crippen molar-refractivity contribution in [3.63, 3.8) is 0 Å². The highest BCUT2D eigenvalue weighted by molar-refractivity contribution is 5.95. The van der Waals surface area contributed by atoms with Crippen molar-refractivity contribution in [3.8, 4) is 5.75 Å². The van der Waals surface area contributed by atoms with Crippen LogP contribution in [0.2, 0.25) is 0 Å². The molecule has 5 nitrogen and oxygen atoms in total. The first-order valence-corrected chi connectivity index (χ1v) is 7.71. The highest BCUT2D eigenvalue weighted by Gasteiger charge is 2.27. The summed E-state index contributed by atoms with van der Waals surface area (Å²) in [6.45, 7) is 1.50. The van der Waals surface area contributed by atoms with Crippen LogP contribution >= 0.6 is 0 Å². The number of carbonyl (C=O) groups is 1. The zero-order valence-corrected chi connectivity index (χ0v) is 12.8. The molecule has 0 aliphatic carbocycles. The number of rotatable bonds is 5. The van der Waals surface area contributed by atoms with Crippen molar-refractivity contribution in [2.45, 2.75) is 12.5 Å². The van der Waals surface area contributed by atoms with E-state index in [0.717, 1.165) is 17.7 Å². The monoisotopic (exact) mass is 312 g/mol. The summed E-state index contributed by atoms with van der Waals surface area (Å²) in [4.78, 5) is 12.5. The zero-order valence-electron chi connectivity index (χ0n) is 12.8. The van der Waals surface area contributed by atoms with Crippen LogP contribution in [-0.2, 0) is 16.0 Å². The highest BCUT2D eigenvalue weighted by atomic mass is 16.5. The van der Waals surface area contributed by atoms with E-state index in [1.54, 1.807) is 24.3 Å². The number of carbonyl (C=O) groups excluding carboxylic acids is 1. The van der Waals surface area contributed by atoms with Gasteiger partial charge in [0.1, 0.15) is 12.4 Å². The van der Waals surface area contributed by atoms with Crippen LogP contribution in [0.3, 0.4) is 0 Å². The van der Waals surface area contributed by atoms with Gasteiger partial charge in [-0.1, -0.05) is 24.3 Å². The van der Waals surface area contributed by atoms with Crippen molar-refractivity contribution in [2.24, 2.45) is 5.73 Å². The minimum atomic E-state index is -0.562. The maximum atomic E-state index is 12.5. The number of hydrogen-bond donors (Lipinski definition) is 2. The molecule has 5 heteroatoms. The summed E-state index contributed by atoms with van der Waals surface area (Å²) in [5.74, 6) is 0.570. The summed E-state index contributed by atoms with van der Waals surface area (Å²) < 4.78 is 11.1. The van der Waals surface area contributed by atoms with E-state index in [1.807, 2.05) is 24.3 Å². The Morgan fingerprint density at radius 3 is 2.78 bits per heavy atom. The average molecular weight is 312 g/mol. The molecule has 0 spiro atoms. The van der Waals surface area contributed by atoms with Crippen LogP contribution in [0, 0.1) is 0 Å². The fourth-order valence-corrected chi connectivity index (χ4v) is 2.63. The third-order valence-corrected chi connectivity index (χ3v) is 3.74. The van der Waals surface area contributed by atoms with Crippen LogP contribution in [0.1, 0.15) is 17.2 Å². The predicted octanol–water partition coefficient (Wildman–Crippen LogP) is 2.28. The fourth-order valence-electron chi connectivity index (χ4n) is 2.63. The van der Waals surface area contributed by atoms with Gasteiger partial charge in [-0.2, -0.15) is 0 Å². The molecule has 0 saturated carbocycles. The molecular weight excluding hydrogens is 292 g/mol. The van der Waals surface area contributed by atoms with E-state index in [4.69, 9.17) is 15.2 Å². The maximum Gasteiger partial charge on any atom is 0.258 e. The van der Waals surface area contributed by atoms with Crippen molar-refractivity contribution in [2.75, 3.05) is 25.1 Å². The van der Waals surface area contributed by atoms with E-state index >= 15 is 0 Å². The SMILES string of the molecule is NCCOc1ccc(NC(=O)C2OCCc3ccccc32)cc1. The number of amides is 1. The second-order valence-electron chi connectivity index (χ2n) is 5.35. The fraction of sp³-hybridized carbons (Fsp3) is 0.278. The Morgan fingerprint density at radius 2 is 2.00 bits per heavy atom. The van der Waals surface area contributed by atoms with Gasteiger partial charge in [-0.3, -0.25) is 4.79 Å². The Kier molecular flexibility index (Phi) is 4.90. The molecule has 1 heterocycles. The molecule has 0 saturated heterocycles. The number of fused-ring (bicyclic) bond motifs is 1. The summed E-state index contributed by atoms with van der Waals surface area (Å²) in [6, 6.07) is 15.1. The van der Waals surface area contributed by atoms with Gasteiger partial charge in [0.15, 0.2) is 6.10 Å². The minimum absolute atomic E-state index is 0.159. The summed E-state index contributed by atoms with van der Waals surface area (Å²) >= 11 is 0. The van der Waals surface area contributed by atoms with Gasteiger partial charge in [0.2, 0.25) is 0 Å². The quantitative estimate of drug-likeness (QED) is 0.888. The van der Waals surface area contributed by atoms with Crippen LogP contribution in [0.15, 0.2) is 48.5 Å². The lowest BCUT2D eigenvalue weighted by Crippen LogP contribution is -2.28. The highest BCUT2D eigenvalue weighted by Crippen LogP contribution is 2.28. The van der Waals surface area contributed by atoms with Crippen LogP contribution in [0.4, 0.5) is 5.69 Å². The molecule has 0 radical (unpaired) electrons. The van der Waals surface area contributed by atoms with Crippen LogP contribution in [0.5, 0.6) is 5.75 Å². The molecule has 3 N–H and O–H groups in total. The third-order valence-electron chi connectivity index (χ3n) is 3.74. The third kappa shape index (κ3) is 3.70. The van der Waals surface area contributed by atoms with Gasteiger partial charge in [-0.15, -0.1) is 0 Å². The number of nitrogens with two attached hydrogens (primary N) is 1. The van der Waals surface area contributed by atoms with Gasteiger partial charge in [-0.05, 0) is 41.8 Å². The van der Waals surface area contributed by atoms with Crippen molar-refractivity contribution in [1.82, 2.24) is 0 Å². The van der Waals surface area contributed by atoms with E-state index in [2.05, 4.69) is 5.32 Å². The maximum absolute atomic E-state index is 12.5. The Hall–Kier alpha value is -2.37. The van der Waals surface area contributed by atoms with Gasteiger partial charge in [-0.25, -0.2) is 0 Å². The van der Waals surface area contributed by atoms with Gasteiger partial charge >= 0.3 is 0 Å². The van der Waals surface area contributed by atoms with E-state index in [9.17, 15) is 4.79 Å². The summed E-state index contributed by atoms with van der Waals surface area (Å²) in [6.07, 6.45) is 0.278. The lowest BCUT2D eigenvalue weighted by Gasteiger charge is -2.25. The molecule has 120 valence electrons. The molecule has 1 atom stereocenters. The van der Waals surface area contributed by atoms with Crippen LogP contribution in [0.25, 0.3) is 0 Å². The largest absolute Gasteiger partial charge is 0.492 e. The summed E-state index contributed by atoms with van der Waals surface area (Å²) in [5, 5.41) is 2.89. The van der Waals surface area contributed by atoms with Gasteiger partial charge in [0.05, 0.1) is 6.61 Å². The number of anilines is 1. The first kappa shape index (κ1) is 15.5. The topological polar surface area (TPSA) is 73.6 Å². The van der Waals surface area contributed by atoms with E-state index < -0.39 is 6.10 Å². The normalized spacial score (nSPS) is 16.5. The van der Waals surface area contributed by atoms with Gasteiger partial charge < -0.3 is 20.5 Å². The zero-order chi connectivity index (χ0) is 16.1. The van der Waals surface area contributed by atoms with E-state index in [-0.39, 0.29) is 5.91 Å². The molecular formula is C18H20N2O3. The number of ether oxygens (including phenoxy) is 2. The average Bonchev–Trinajstić information content (AvgIpc) is 2.60. The lowest BCUT2D eigenvalue weighted by atomic mass is 9.97. The van der Waals surface area contributed by atoms with E-state index in [1.165, 1.54) is 5.56 Å². The number of hydrogen-bond acceptors (Lipinski definition) is 4.